The van der Waals surface area contributed by atoms with Crippen molar-refractivity contribution >= 4 is 17.4 Å². The number of nitrogens with two attached hydrogens (primary N) is 1. The zero-order valence-electron chi connectivity index (χ0n) is 16.0. The molecule has 0 spiro atoms. The molecule has 0 bridgehead atoms. The molecule has 1 aliphatic heterocycles. The molecule has 7 heteroatoms. The van der Waals surface area contributed by atoms with Gasteiger partial charge in [0, 0.05) is 57.1 Å². The smallest absolute Gasteiger partial charge is 0.225 e. The van der Waals surface area contributed by atoms with Crippen LogP contribution in [0.3, 0.4) is 0 Å². The predicted molar refractivity (Wildman–Crippen MR) is 106 cm³/mol. The van der Waals surface area contributed by atoms with Crippen molar-refractivity contribution in [3.63, 3.8) is 0 Å². The van der Waals surface area contributed by atoms with Crippen LogP contribution in [0.4, 0.5) is 11.6 Å². The van der Waals surface area contributed by atoms with E-state index in [1.807, 2.05) is 19.9 Å². The molecule has 7 nitrogen and oxygen atoms in total. The second-order valence-electron chi connectivity index (χ2n) is 6.97. The largest absolute Gasteiger partial charge is 0.489 e. The molecule has 144 valence electrons. The molecule has 2 N–H and O–H groups in total. The topological polar surface area (TPSA) is 84.6 Å². The Bertz CT molecular complexity index is 758. The number of piperazine rings is 1. The summed E-state index contributed by atoms with van der Waals surface area (Å²) in [6.45, 7) is 8.17. The molecule has 3 rings (SSSR count). The highest BCUT2D eigenvalue weighted by molar-refractivity contribution is 5.97. The predicted octanol–water partition coefficient (Wildman–Crippen LogP) is 2.24. The normalized spacial score (nSPS) is 15.1. The van der Waals surface area contributed by atoms with E-state index in [4.69, 9.17) is 10.5 Å². The van der Waals surface area contributed by atoms with Crippen LogP contribution in [0.25, 0.3) is 0 Å². The first-order valence-corrected chi connectivity index (χ1v) is 9.36. The number of anilines is 2. The van der Waals surface area contributed by atoms with Crippen molar-refractivity contribution in [2.24, 2.45) is 0 Å². The Balaban J connectivity index is 1.48. The maximum Gasteiger partial charge on any atom is 0.225 e. The number of carbonyl (C=O) groups excluding carboxylic acids is 1. The highest BCUT2D eigenvalue weighted by atomic mass is 16.5. The summed E-state index contributed by atoms with van der Waals surface area (Å²) in [4.78, 5) is 25.6. The van der Waals surface area contributed by atoms with Gasteiger partial charge < -0.3 is 15.4 Å². The van der Waals surface area contributed by atoms with Crippen LogP contribution in [0, 0.1) is 0 Å². The Morgan fingerprint density at radius 3 is 2.52 bits per heavy atom. The van der Waals surface area contributed by atoms with E-state index in [2.05, 4.69) is 19.8 Å². The number of carbonyl (C=O) groups is 1. The fourth-order valence-corrected chi connectivity index (χ4v) is 3.11. The zero-order chi connectivity index (χ0) is 19.2. The monoisotopic (exact) mass is 369 g/mol. The third-order valence-electron chi connectivity index (χ3n) is 4.56. The Morgan fingerprint density at radius 1 is 1.19 bits per heavy atom. The SMILES string of the molecule is CC(C)Oc1ccc(C(=O)CCN2CCN(c3ncccn3)CC2)cc1N. The minimum atomic E-state index is 0.0498. The van der Waals surface area contributed by atoms with Gasteiger partial charge in [0.15, 0.2) is 5.78 Å². The van der Waals surface area contributed by atoms with E-state index < -0.39 is 0 Å². The second-order valence-corrected chi connectivity index (χ2v) is 6.97. The number of ether oxygens (including phenoxy) is 1. The van der Waals surface area contributed by atoms with Crippen LogP contribution >= 0.6 is 0 Å². The van der Waals surface area contributed by atoms with Gasteiger partial charge in [0.25, 0.3) is 0 Å². The molecule has 1 saturated heterocycles. The number of rotatable bonds is 7. The molecule has 0 unspecified atom stereocenters. The quantitative estimate of drug-likeness (QED) is 0.592. The van der Waals surface area contributed by atoms with Crippen LogP contribution in [-0.2, 0) is 0 Å². The van der Waals surface area contributed by atoms with Gasteiger partial charge in [-0.25, -0.2) is 9.97 Å². The van der Waals surface area contributed by atoms with E-state index in [9.17, 15) is 4.79 Å². The standard InChI is InChI=1S/C20H27N5O2/c1-15(2)27-19-5-4-16(14-17(19)21)18(26)6-9-24-10-12-25(13-11-24)20-22-7-3-8-23-20/h3-5,7-8,14-15H,6,9-13,21H2,1-2H3. The van der Waals surface area contributed by atoms with Crippen LogP contribution in [0.5, 0.6) is 5.75 Å². The minimum absolute atomic E-state index is 0.0498. The Morgan fingerprint density at radius 2 is 1.89 bits per heavy atom. The molecule has 2 aromatic rings. The van der Waals surface area contributed by atoms with Crippen molar-refractivity contribution in [2.45, 2.75) is 26.4 Å². The van der Waals surface area contributed by atoms with Gasteiger partial charge in [-0.2, -0.15) is 0 Å². The van der Waals surface area contributed by atoms with E-state index in [1.165, 1.54) is 0 Å². The number of nitrogens with zero attached hydrogens (tertiary/aromatic N) is 4. The van der Waals surface area contributed by atoms with E-state index in [-0.39, 0.29) is 11.9 Å². The van der Waals surface area contributed by atoms with Gasteiger partial charge in [0.05, 0.1) is 11.8 Å². The number of benzene rings is 1. The number of hydrogen-bond acceptors (Lipinski definition) is 7. The van der Waals surface area contributed by atoms with Gasteiger partial charge in [-0.05, 0) is 38.1 Å². The maximum absolute atomic E-state index is 12.5. The van der Waals surface area contributed by atoms with Gasteiger partial charge in [-0.1, -0.05) is 0 Å². The van der Waals surface area contributed by atoms with E-state index >= 15 is 0 Å². The molecule has 1 aromatic carbocycles. The molecular formula is C20H27N5O2. The van der Waals surface area contributed by atoms with Crippen LogP contribution < -0.4 is 15.4 Å². The Kier molecular flexibility index (Phi) is 6.24. The molecule has 0 saturated carbocycles. The second kappa shape index (κ2) is 8.81. The van der Waals surface area contributed by atoms with Crippen molar-refractivity contribution in [3.05, 3.63) is 42.2 Å². The first-order valence-electron chi connectivity index (χ1n) is 9.36. The van der Waals surface area contributed by atoms with Gasteiger partial charge in [0.2, 0.25) is 5.95 Å². The Hall–Kier alpha value is -2.67. The summed E-state index contributed by atoms with van der Waals surface area (Å²) in [6, 6.07) is 7.10. The summed E-state index contributed by atoms with van der Waals surface area (Å²) in [5.41, 5.74) is 7.16. The number of aromatic nitrogens is 2. The third kappa shape index (κ3) is 5.17. The molecule has 1 aromatic heterocycles. The lowest BCUT2D eigenvalue weighted by Crippen LogP contribution is -2.47. The average Bonchev–Trinajstić information content (AvgIpc) is 2.68. The van der Waals surface area contributed by atoms with Crippen molar-refractivity contribution in [2.75, 3.05) is 43.4 Å². The summed E-state index contributed by atoms with van der Waals surface area (Å²) >= 11 is 0. The molecular weight excluding hydrogens is 342 g/mol. The third-order valence-corrected chi connectivity index (χ3v) is 4.56. The van der Waals surface area contributed by atoms with Crippen LogP contribution in [-0.4, -0.2) is 59.5 Å². The average molecular weight is 369 g/mol. The summed E-state index contributed by atoms with van der Waals surface area (Å²) in [7, 11) is 0. The van der Waals surface area contributed by atoms with Gasteiger partial charge in [-0.3, -0.25) is 9.69 Å². The molecule has 0 aliphatic carbocycles. The molecule has 0 radical (unpaired) electrons. The number of Topliss-reactive ketones (excluding diaryl/α,β-unsaturated/α-hetero) is 1. The molecule has 1 fully saturated rings. The van der Waals surface area contributed by atoms with Crippen molar-refractivity contribution < 1.29 is 9.53 Å². The number of ketones is 1. The first-order chi connectivity index (χ1) is 13.0. The maximum atomic E-state index is 12.5. The molecule has 1 aliphatic rings. The lowest BCUT2D eigenvalue weighted by Gasteiger charge is -2.34. The summed E-state index contributed by atoms with van der Waals surface area (Å²) in [5, 5.41) is 0. The van der Waals surface area contributed by atoms with E-state index in [0.29, 0.717) is 23.4 Å². The van der Waals surface area contributed by atoms with Crippen molar-refractivity contribution in [1.82, 2.24) is 14.9 Å². The van der Waals surface area contributed by atoms with E-state index in [1.54, 1.807) is 30.6 Å². The summed E-state index contributed by atoms with van der Waals surface area (Å²) < 4.78 is 5.62. The van der Waals surface area contributed by atoms with Crippen LogP contribution in [0.2, 0.25) is 0 Å². The first kappa shape index (κ1) is 19.1. The van der Waals surface area contributed by atoms with Crippen LogP contribution in [0.1, 0.15) is 30.6 Å². The molecule has 0 amide bonds. The number of nitrogen functional groups attached to an aromatic ring is 1. The van der Waals surface area contributed by atoms with Gasteiger partial charge in [0.1, 0.15) is 5.75 Å². The van der Waals surface area contributed by atoms with Gasteiger partial charge in [-0.15, -0.1) is 0 Å². The summed E-state index contributed by atoms with van der Waals surface area (Å²) in [5.74, 6) is 1.50. The fourth-order valence-electron chi connectivity index (χ4n) is 3.11. The van der Waals surface area contributed by atoms with E-state index in [0.717, 1.165) is 38.7 Å². The highest BCUT2D eigenvalue weighted by Crippen LogP contribution is 2.24. The highest BCUT2D eigenvalue weighted by Gasteiger charge is 2.19. The number of hydrogen-bond donors (Lipinski definition) is 1. The molecule has 27 heavy (non-hydrogen) atoms. The zero-order valence-corrected chi connectivity index (χ0v) is 16.0. The lowest BCUT2D eigenvalue weighted by atomic mass is 10.1. The molecule has 0 atom stereocenters. The van der Waals surface area contributed by atoms with Crippen molar-refractivity contribution in [1.29, 1.82) is 0 Å². The van der Waals surface area contributed by atoms with Crippen LogP contribution in [0.15, 0.2) is 36.7 Å². The summed E-state index contributed by atoms with van der Waals surface area (Å²) in [6.07, 6.45) is 4.05. The van der Waals surface area contributed by atoms with Crippen molar-refractivity contribution in [3.8, 4) is 5.75 Å². The fraction of sp³-hybridized carbons (Fsp3) is 0.450. The minimum Gasteiger partial charge on any atom is -0.489 e. The molecule has 2 heterocycles. The lowest BCUT2D eigenvalue weighted by molar-refractivity contribution is 0.0962. The Labute approximate surface area is 160 Å². The van der Waals surface area contributed by atoms with Gasteiger partial charge >= 0.3 is 0 Å².